The second-order valence-electron chi connectivity index (χ2n) is 13.7. The zero-order chi connectivity index (χ0) is 35.9. The summed E-state index contributed by atoms with van der Waals surface area (Å²) in [6.45, 7) is 11.1. The van der Waals surface area contributed by atoms with Crippen LogP contribution in [0, 0.1) is 6.92 Å². The van der Waals surface area contributed by atoms with E-state index < -0.39 is 0 Å². The predicted octanol–water partition coefficient (Wildman–Crippen LogP) is 14.2. The van der Waals surface area contributed by atoms with E-state index in [0.29, 0.717) is 5.70 Å². The van der Waals surface area contributed by atoms with Gasteiger partial charge in [-0.05, 0) is 107 Å². The molecule has 0 aliphatic heterocycles. The van der Waals surface area contributed by atoms with Crippen LogP contribution in [0.4, 0.5) is 0 Å². The Balaban J connectivity index is 1.25. The van der Waals surface area contributed by atoms with Crippen molar-refractivity contribution in [3.63, 3.8) is 0 Å². The van der Waals surface area contributed by atoms with Gasteiger partial charge >= 0.3 is 0 Å². The van der Waals surface area contributed by atoms with Gasteiger partial charge in [-0.25, -0.2) is 4.99 Å². The molecule has 1 nitrogen and oxygen atoms in total. The summed E-state index contributed by atoms with van der Waals surface area (Å²) >= 11 is 0. The summed E-state index contributed by atoms with van der Waals surface area (Å²) in [6, 6.07) is 60.6. The third-order valence-electron chi connectivity index (χ3n) is 10.5. The molecule has 0 unspecified atom stereocenters. The van der Waals surface area contributed by atoms with Crippen molar-refractivity contribution in [3.8, 4) is 11.1 Å². The van der Waals surface area contributed by atoms with E-state index in [2.05, 4.69) is 196 Å². The molecule has 9 aromatic rings. The first-order valence-electron chi connectivity index (χ1n) is 18.1. The van der Waals surface area contributed by atoms with Gasteiger partial charge in [-0.1, -0.05) is 177 Å². The van der Waals surface area contributed by atoms with Crippen molar-refractivity contribution in [2.45, 2.75) is 6.92 Å². The topological polar surface area (TPSA) is 12.4 Å². The van der Waals surface area contributed by atoms with E-state index >= 15 is 0 Å². The van der Waals surface area contributed by atoms with E-state index in [1.165, 1.54) is 65.2 Å². The van der Waals surface area contributed by atoms with Crippen LogP contribution >= 0.6 is 0 Å². The van der Waals surface area contributed by atoms with Crippen LogP contribution in [0.3, 0.4) is 0 Å². The molecule has 0 heterocycles. The molecule has 9 rings (SSSR count). The molecule has 250 valence electrons. The van der Waals surface area contributed by atoms with Crippen LogP contribution in [0.2, 0.25) is 0 Å². The van der Waals surface area contributed by atoms with Crippen molar-refractivity contribution in [3.05, 3.63) is 217 Å². The molecule has 53 heavy (non-hydrogen) atoms. The van der Waals surface area contributed by atoms with Crippen LogP contribution < -0.4 is 0 Å². The Morgan fingerprint density at radius 3 is 1.58 bits per heavy atom. The average Bonchev–Trinajstić information content (AvgIpc) is 3.22. The van der Waals surface area contributed by atoms with Crippen LogP contribution in [0.1, 0.15) is 22.3 Å². The molecule has 0 saturated heterocycles. The largest absolute Gasteiger partial charge is 0.248 e. The third-order valence-corrected chi connectivity index (χ3v) is 10.5. The summed E-state index contributed by atoms with van der Waals surface area (Å²) in [5.74, 6) is 0. The maximum Gasteiger partial charge on any atom is 0.0715 e. The van der Waals surface area contributed by atoms with Crippen molar-refractivity contribution in [1.29, 1.82) is 0 Å². The zero-order valence-electron chi connectivity index (χ0n) is 29.7. The molecular weight excluding hydrogens is 639 g/mol. The number of aryl methyl sites for hydroxylation is 1. The van der Waals surface area contributed by atoms with Gasteiger partial charge in [0, 0.05) is 11.1 Å². The van der Waals surface area contributed by atoms with Crippen LogP contribution in [-0.2, 0) is 0 Å². The van der Waals surface area contributed by atoms with Crippen molar-refractivity contribution in [2.24, 2.45) is 4.99 Å². The summed E-state index contributed by atoms with van der Waals surface area (Å²) in [5.41, 5.74) is 9.34. The molecule has 0 amide bonds. The van der Waals surface area contributed by atoms with Gasteiger partial charge in [-0.3, -0.25) is 0 Å². The Hall–Kier alpha value is -6.83. The number of allylic oxidation sites excluding steroid dienone is 3. The Kier molecular flexibility index (Phi) is 8.10. The van der Waals surface area contributed by atoms with Gasteiger partial charge < -0.3 is 0 Å². The number of hydrogen-bond acceptors (Lipinski definition) is 1. The highest BCUT2D eigenvalue weighted by Crippen LogP contribution is 2.36. The van der Waals surface area contributed by atoms with E-state index in [-0.39, 0.29) is 0 Å². The minimum atomic E-state index is 0.707. The Labute approximate surface area is 310 Å². The molecule has 0 N–H and O–H groups in total. The monoisotopic (exact) mass is 675 g/mol. The third kappa shape index (κ3) is 5.73. The lowest BCUT2D eigenvalue weighted by Gasteiger charge is -2.15. The SMILES string of the molecule is C=CC(=CC(=NC(=C)c1cc2ccccc2c2ccccc12)c1ccc(-c2c(C)ccc3ccccc23)cc1)c1cc2ccccc2c2ccccc12. The first-order chi connectivity index (χ1) is 26.1. The van der Waals surface area contributed by atoms with Gasteiger partial charge in [0.15, 0.2) is 0 Å². The summed E-state index contributed by atoms with van der Waals surface area (Å²) < 4.78 is 0. The fraction of sp³-hybridized carbons (Fsp3) is 0.0192. The van der Waals surface area contributed by atoms with Gasteiger partial charge in [0.05, 0.1) is 11.4 Å². The lowest BCUT2D eigenvalue weighted by Crippen LogP contribution is -2.01. The van der Waals surface area contributed by atoms with Crippen molar-refractivity contribution >= 4 is 70.8 Å². The highest BCUT2D eigenvalue weighted by Gasteiger charge is 2.14. The number of benzene rings is 9. The standard InChI is InChI=1S/C52H37N/c1-4-36(50-32-41-17-7-9-19-43(41)46-22-12-14-24-48(46)50)33-51(38-27-29-39(30-28-38)52-34(2)25-26-37-15-5-10-20-44(37)52)53-35(3)49-31-40-16-6-8-18-42(40)45-21-11-13-23-47(45)49/h4-33H,1,3H2,2H3. The quantitative estimate of drug-likeness (QED) is 0.0906. The normalized spacial score (nSPS) is 12.2. The summed E-state index contributed by atoms with van der Waals surface area (Å²) in [4.78, 5) is 5.40. The van der Waals surface area contributed by atoms with E-state index in [4.69, 9.17) is 4.99 Å². The molecule has 0 radical (unpaired) electrons. The van der Waals surface area contributed by atoms with Gasteiger partial charge in [-0.2, -0.15) is 0 Å². The Morgan fingerprint density at radius 1 is 0.491 bits per heavy atom. The van der Waals surface area contributed by atoms with Crippen molar-refractivity contribution < 1.29 is 0 Å². The van der Waals surface area contributed by atoms with Crippen molar-refractivity contribution in [1.82, 2.24) is 0 Å². The summed E-state index contributed by atoms with van der Waals surface area (Å²) in [5, 5.41) is 12.0. The first kappa shape index (κ1) is 32.1. The first-order valence-corrected chi connectivity index (χ1v) is 18.1. The van der Waals surface area contributed by atoms with E-state index in [0.717, 1.165) is 33.4 Å². The molecular formula is C52H37N. The van der Waals surface area contributed by atoms with E-state index in [1.807, 2.05) is 6.08 Å². The second kappa shape index (κ2) is 13.4. The maximum absolute atomic E-state index is 5.40. The Morgan fingerprint density at radius 2 is 0.981 bits per heavy atom. The fourth-order valence-electron chi connectivity index (χ4n) is 7.94. The van der Waals surface area contributed by atoms with Crippen molar-refractivity contribution in [2.75, 3.05) is 0 Å². The minimum Gasteiger partial charge on any atom is -0.248 e. The highest BCUT2D eigenvalue weighted by molar-refractivity contribution is 6.19. The van der Waals surface area contributed by atoms with Crippen LogP contribution in [0.5, 0.6) is 0 Å². The maximum atomic E-state index is 5.40. The summed E-state index contributed by atoms with van der Waals surface area (Å²) in [6.07, 6.45) is 4.13. The zero-order valence-corrected chi connectivity index (χ0v) is 29.7. The molecule has 1 heteroatoms. The lowest BCUT2D eigenvalue weighted by atomic mass is 9.91. The fourth-order valence-corrected chi connectivity index (χ4v) is 7.94. The molecule has 0 bridgehead atoms. The van der Waals surface area contributed by atoms with E-state index in [1.54, 1.807) is 0 Å². The molecule has 0 atom stereocenters. The average molecular weight is 676 g/mol. The molecule has 0 saturated carbocycles. The second-order valence-corrected chi connectivity index (χ2v) is 13.7. The van der Waals surface area contributed by atoms with Crippen LogP contribution in [0.25, 0.3) is 76.3 Å². The lowest BCUT2D eigenvalue weighted by molar-refractivity contribution is 1.48. The molecule has 0 aromatic heterocycles. The number of hydrogen-bond donors (Lipinski definition) is 0. The Bertz CT molecular complexity index is 2970. The van der Waals surface area contributed by atoms with Gasteiger partial charge in [0.25, 0.3) is 0 Å². The van der Waals surface area contributed by atoms with Gasteiger partial charge in [0.2, 0.25) is 0 Å². The number of aliphatic imine (C=N–C) groups is 1. The van der Waals surface area contributed by atoms with Crippen LogP contribution in [-0.4, -0.2) is 5.71 Å². The highest BCUT2D eigenvalue weighted by atomic mass is 14.8. The molecule has 0 aliphatic carbocycles. The molecule has 0 spiro atoms. The van der Waals surface area contributed by atoms with Gasteiger partial charge in [0.1, 0.15) is 0 Å². The number of nitrogens with zero attached hydrogens (tertiary/aromatic N) is 1. The molecule has 9 aromatic carbocycles. The smallest absolute Gasteiger partial charge is 0.0715 e. The van der Waals surface area contributed by atoms with Gasteiger partial charge in [-0.15, -0.1) is 0 Å². The van der Waals surface area contributed by atoms with E-state index in [9.17, 15) is 0 Å². The van der Waals surface area contributed by atoms with Crippen LogP contribution in [0.15, 0.2) is 200 Å². The number of rotatable bonds is 7. The predicted molar refractivity (Wildman–Crippen MR) is 231 cm³/mol. The minimum absolute atomic E-state index is 0.707. The summed E-state index contributed by atoms with van der Waals surface area (Å²) in [7, 11) is 0. The number of fused-ring (bicyclic) bond motifs is 7. The molecule has 0 fully saturated rings. The molecule has 0 aliphatic rings.